The number of nitrogens with one attached hydrogen (secondary N) is 1. The van der Waals surface area contributed by atoms with Crippen molar-refractivity contribution in [2.75, 3.05) is 6.54 Å². The van der Waals surface area contributed by atoms with Crippen LogP contribution >= 0.6 is 0 Å². The second kappa shape index (κ2) is 5.49. The monoisotopic (exact) mass is 242 g/mol. The first kappa shape index (κ1) is 13.0. The molecule has 2 nitrogen and oxygen atoms in total. The van der Waals surface area contributed by atoms with Crippen LogP contribution in [0.3, 0.4) is 0 Å². The van der Waals surface area contributed by atoms with E-state index in [1.807, 2.05) is 12.4 Å². The van der Waals surface area contributed by atoms with Gasteiger partial charge in [0, 0.05) is 30.9 Å². The molecule has 0 fully saturated rings. The van der Waals surface area contributed by atoms with Crippen molar-refractivity contribution >= 4 is 10.8 Å². The fourth-order valence-electron chi connectivity index (χ4n) is 2.00. The lowest BCUT2D eigenvalue weighted by atomic mass is 9.90. The third kappa shape index (κ3) is 3.08. The van der Waals surface area contributed by atoms with Gasteiger partial charge < -0.3 is 5.32 Å². The molecule has 18 heavy (non-hydrogen) atoms. The molecule has 0 saturated heterocycles. The fourth-order valence-corrected chi connectivity index (χ4v) is 2.00. The molecule has 2 aromatic rings. The van der Waals surface area contributed by atoms with Crippen LogP contribution in [-0.4, -0.2) is 11.5 Å². The maximum absolute atomic E-state index is 4.17. The molecule has 0 atom stereocenters. The molecule has 0 unspecified atom stereocenters. The number of nitrogens with zero attached hydrogens (tertiary/aromatic N) is 1. The highest BCUT2D eigenvalue weighted by atomic mass is 14.9. The van der Waals surface area contributed by atoms with Crippen molar-refractivity contribution in [1.82, 2.24) is 10.3 Å². The number of pyridine rings is 1. The summed E-state index contributed by atoms with van der Waals surface area (Å²) in [5.74, 6) is 0. The van der Waals surface area contributed by atoms with E-state index in [4.69, 9.17) is 0 Å². The van der Waals surface area contributed by atoms with Gasteiger partial charge in [0.2, 0.25) is 0 Å². The average Bonchev–Trinajstić information content (AvgIpc) is 2.39. The SMILES string of the molecule is CCC(C)(C)CNCc1cccc2cnccc12. The minimum atomic E-state index is 0.367. The van der Waals surface area contributed by atoms with Gasteiger partial charge in [-0.15, -0.1) is 0 Å². The second-order valence-electron chi connectivity index (χ2n) is 5.64. The highest BCUT2D eigenvalue weighted by Gasteiger charge is 2.14. The summed E-state index contributed by atoms with van der Waals surface area (Å²) in [6.45, 7) is 8.81. The Morgan fingerprint density at radius 2 is 2.06 bits per heavy atom. The van der Waals surface area contributed by atoms with Crippen LogP contribution in [0.1, 0.15) is 32.8 Å². The smallest absolute Gasteiger partial charge is 0.0346 e. The topological polar surface area (TPSA) is 24.9 Å². The molecule has 1 aromatic heterocycles. The molecule has 0 aliphatic rings. The lowest BCUT2D eigenvalue weighted by Gasteiger charge is -2.23. The first-order valence-corrected chi connectivity index (χ1v) is 6.65. The van der Waals surface area contributed by atoms with Crippen molar-refractivity contribution in [2.45, 2.75) is 33.7 Å². The molecule has 1 aromatic carbocycles. The largest absolute Gasteiger partial charge is 0.312 e. The molecule has 0 amide bonds. The van der Waals surface area contributed by atoms with E-state index >= 15 is 0 Å². The van der Waals surface area contributed by atoms with Crippen LogP contribution < -0.4 is 5.32 Å². The fraction of sp³-hybridized carbons (Fsp3) is 0.438. The Kier molecular flexibility index (Phi) is 3.97. The van der Waals surface area contributed by atoms with Crippen LogP contribution in [-0.2, 0) is 6.54 Å². The minimum absolute atomic E-state index is 0.367. The number of hydrogen-bond donors (Lipinski definition) is 1. The Morgan fingerprint density at radius 1 is 1.22 bits per heavy atom. The normalized spacial score (nSPS) is 11.9. The summed E-state index contributed by atoms with van der Waals surface area (Å²) >= 11 is 0. The van der Waals surface area contributed by atoms with Gasteiger partial charge in [-0.2, -0.15) is 0 Å². The number of fused-ring (bicyclic) bond motifs is 1. The summed E-state index contributed by atoms with van der Waals surface area (Å²) in [5, 5.41) is 6.08. The number of aromatic nitrogens is 1. The Labute approximate surface area is 109 Å². The highest BCUT2D eigenvalue weighted by Crippen LogP contribution is 2.20. The van der Waals surface area contributed by atoms with Gasteiger partial charge in [-0.1, -0.05) is 39.0 Å². The zero-order valence-electron chi connectivity index (χ0n) is 11.5. The van der Waals surface area contributed by atoms with Crippen LogP contribution in [0.4, 0.5) is 0 Å². The molecule has 0 saturated carbocycles. The third-order valence-electron chi connectivity index (χ3n) is 3.65. The Morgan fingerprint density at radius 3 is 2.83 bits per heavy atom. The van der Waals surface area contributed by atoms with E-state index in [0.29, 0.717) is 5.41 Å². The van der Waals surface area contributed by atoms with Crippen molar-refractivity contribution in [3.05, 3.63) is 42.2 Å². The molecule has 0 radical (unpaired) electrons. The molecule has 2 heteroatoms. The molecular weight excluding hydrogens is 220 g/mol. The van der Waals surface area contributed by atoms with Crippen molar-refractivity contribution in [2.24, 2.45) is 5.41 Å². The van der Waals surface area contributed by atoms with Crippen LogP contribution in [0.5, 0.6) is 0 Å². The predicted molar refractivity (Wildman–Crippen MR) is 77.5 cm³/mol. The molecule has 2 rings (SSSR count). The van der Waals surface area contributed by atoms with Gasteiger partial charge in [0.15, 0.2) is 0 Å². The first-order valence-electron chi connectivity index (χ1n) is 6.65. The van der Waals surface area contributed by atoms with Gasteiger partial charge in [0.05, 0.1) is 0 Å². The van der Waals surface area contributed by atoms with Gasteiger partial charge in [-0.05, 0) is 28.9 Å². The van der Waals surface area contributed by atoms with Crippen LogP contribution in [0, 0.1) is 5.41 Å². The molecule has 1 N–H and O–H groups in total. The summed E-state index contributed by atoms with van der Waals surface area (Å²) < 4.78 is 0. The molecule has 0 spiro atoms. The van der Waals surface area contributed by atoms with Crippen molar-refractivity contribution in [1.29, 1.82) is 0 Å². The Balaban J connectivity index is 2.08. The maximum Gasteiger partial charge on any atom is 0.0346 e. The average molecular weight is 242 g/mol. The molecule has 96 valence electrons. The van der Waals surface area contributed by atoms with Crippen molar-refractivity contribution < 1.29 is 0 Å². The molecule has 0 aliphatic carbocycles. The Hall–Kier alpha value is -1.41. The van der Waals surface area contributed by atoms with Crippen LogP contribution in [0.25, 0.3) is 10.8 Å². The third-order valence-corrected chi connectivity index (χ3v) is 3.65. The standard InChI is InChI=1S/C16H22N2/c1-4-16(2,3)12-18-11-14-7-5-6-13-10-17-9-8-15(13)14/h5-10,18H,4,11-12H2,1-3H3. The summed E-state index contributed by atoms with van der Waals surface area (Å²) in [6.07, 6.45) is 4.98. The van der Waals surface area contributed by atoms with Gasteiger partial charge in [0.25, 0.3) is 0 Å². The Bertz CT molecular complexity index is 512. The highest BCUT2D eigenvalue weighted by molar-refractivity contribution is 5.84. The minimum Gasteiger partial charge on any atom is -0.312 e. The molecule has 1 heterocycles. The van der Waals surface area contributed by atoms with E-state index in [9.17, 15) is 0 Å². The van der Waals surface area contributed by atoms with Crippen LogP contribution in [0.2, 0.25) is 0 Å². The van der Waals surface area contributed by atoms with E-state index in [-0.39, 0.29) is 0 Å². The number of hydrogen-bond acceptors (Lipinski definition) is 2. The molecule has 0 bridgehead atoms. The summed E-state index contributed by atoms with van der Waals surface area (Å²) in [6, 6.07) is 8.50. The zero-order valence-corrected chi connectivity index (χ0v) is 11.5. The first-order chi connectivity index (χ1) is 8.62. The second-order valence-corrected chi connectivity index (χ2v) is 5.64. The van der Waals surface area contributed by atoms with E-state index in [1.165, 1.54) is 22.8 Å². The maximum atomic E-state index is 4.17. The van der Waals surface area contributed by atoms with E-state index in [2.05, 4.69) is 55.3 Å². The summed E-state index contributed by atoms with van der Waals surface area (Å²) in [7, 11) is 0. The number of rotatable bonds is 5. The molecular formula is C16H22N2. The van der Waals surface area contributed by atoms with Gasteiger partial charge in [-0.25, -0.2) is 0 Å². The van der Waals surface area contributed by atoms with Crippen LogP contribution in [0.15, 0.2) is 36.7 Å². The summed E-state index contributed by atoms with van der Waals surface area (Å²) in [4.78, 5) is 4.17. The zero-order chi connectivity index (χ0) is 13.0. The molecule has 0 aliphatic heterocycles. The van der Waals surface area contributed by atoms with Gasteiger partial charge >= 0.3 is 0 Å². The van der Waals surface area contributed by atoms with Gasteiger partial charge in [0.1, 0.15) is 0 Å². The van der Waals surface area contributed by atoms with E-state index < -0.39 is 0 Å². The lowest BCUT2D eigenvalue weighted by Crippen LogP contribution is -2.28. The summed E-state index contributed by atoms with van der Waals surface area (Å²) in [5.41, 5.74) is 1.72. The lowest BCUT2D eigenvalue weighted by molar-refractivity contribution is 0.328. The predicted octanol–water partition coefficient (Wildman–Crippen LogP) is 3.76. The van der Waals surface area contributed by atoms with E-state index in [1.54, 1.807) is 0 Å². The number of benzene rings is 1. The van der Waals surface area contributed by atoms with Crippen molar-refractivity contribution in [3.63, 3.8) is 0 Å². The van der Waals surface area contributed by atoms with E-state index in [0.717, 1.165) is 13.1 Å². The van der Waals surface area contributed by atoms with Crippen molar-refractivity contribution in [3.8, 4) is 0 Å². The quantitative estimate of drug-likeness (QED) is 0.863. The van der Waals surface area contributed by atoms with Gasteiger partial charge in [-0.3, -0.25) is 4.98 Å².